The number of esters is 1. The fraction of sp³-hybridized carbons (Fsp3) is 0.385. The first-order valence-corrected chi connectivity index (χ1v) is 11.7. The molecule has 4 heterocycles. The summed E-state index contributed by atoms with van der Waals surface area (Å²) in [6.45, 7) is 6.01. The van der Waals surface area contributed by atoms with Crippen molar-refractivity contribution in [3.8, 4) is 11.4 Å². The first kappa shape index (κ1) is 22.4. The van der Waals surface area contributed by atoms with Gasteiger partial charge in [-0.05, 0) is 56.6 Å². The van der Waals surface area contributed by atoms with Crippen LogP contribution in [0, 0.1) is 0 Å². The fourth-order valence-electron chi connectivity index (χ4n) is 4.69. The Morgan fingerprint density at radius 3 is 2.74 bits per heavy atom. The molecule has 2 aromatic heterocycles. The number of carbonyl (C=O) groups is 1. The van der Waals surface area contributed by atoms with Crippen LogP contribution in [0.25, 0.3) is 5.69 Å². The van der Waals surface area contributed by atoms with E-state index in [1.165, 1.54) is 7.11 Å². The molecular formula is C26H31N5O3. The molecule has 1 saturated heterocycles. The van der Waals surface area contributed by atoms with Crippen LogP contribution < -0.4 is 9.64 Å². The summed E-state index contributed by atoms with van der Waals surface area (Å²) in [5.41, 5.74) is 3.44. The van der Waals surface area contributed by atoms with Crippen molar-refractivity contribution in [1.82, 2.24) is 19.4 Å². The topological polar surface area (TPSA) is 63.1 Å². The third-order valence-corrected chi connectivity index (χ3v) is 6.57. The van der Waals surface area contributed by atoms with Crippen molar-refractivity contribution >= 4 is 11.8 Å². The van der Waals surface area contributed by atoms with Gasteiger partial charge in [0.1, 0.15) is 11.6 Å². The van der Waals surface area contributed by atoms with E-state index in [1.807, 2.05) is 30.6 Å². The Kier molecular flexibility index (Phi) is 6.26. The lowest BCUT2D eigenvalue weighted by molar-refractivity contribution is 0.0600. The summed E-state index contributed by atoms with van der Waals surface area (Å²) in [4.78, 5) is 24.0. The number of aromatic nitrogens is 2. The Balaban J connectivity index is 1.43. The minimum Gasteiger partial charge on any atom is -0.477 e. The van der Waals surface area contributed by atoms with Crippen molar-refractivity contribution in [2.75, 3.05) is 65.4 Å². The van der Waals surface area contributed by atoms with Crippen molar-refractivity contribution in [2.24, 2.45) is 0 Å². The van der Waals surface area contributed by atoms with E-state index in [4.69, 9.17) is 14.5 Å². The summed E-state index contributed by atoms with van der Waals surface area (Å²) in [7, 11) is 5.61. The quantitative estimate of drug-likeness (QED) is 0.523. The van der Waals surface area contributed by atoms with Crippen LogP contribution in [0.5, 0.6) is 5.75 Å². The molecule has 3 aromatic rings. The molecule has 2 aliphatic heterocycles. The highest BCUT2D eigenvalue weighted by Crippen LogP contribution is 2.41. The third kappa shape index (κ3) is 4.26. The van der Waals surface area contributed by atoms with E-state index in [9.17, 15) is 4.79 Å². The second-order valence-corrected chi connectivity index (χ2v) is 9.02. The van der Waals surface area contributed by atoms with Gasteiger partial charge in [0.15, 0.2) is 6.10 Å². The Bertz CT molecular complexity index is 1170. The maximum Gasteiger partial charge on any atom is 0.337 e. The van der Waals surface area contributed by atoms with Crippen LogP contribution in [-0.4, -0.2) is 85.8 Å². The lowest BCUT2D eigenvalue weighted by Crippen LogP contribution is -2.48. The van der Waals surface area contributed by atoms with E-state index < -0.39 is 0 Å². The van der Waals surface area contributed by atoms with Crippen molar-refractivity contribution in [1.29, 1.82) is 0 Å². The molecule has 1 atom stereocenters. The van der Waals surface area contributed by atoms with Crippen LogP contribution in [0.4, 0.5) is 5.82 Å². The van der Waals surface area contributed by atoms with Crippen LogP contribution in [0.15, 0.2) is 54.9 Å². The van der Waals surface area contributed by atoms with Gasteiger partial charge in [-0.2, -0.15) is 0 Å². The number of ether oxygens (including phenoxy) is 2. The molecule has 8 nitrogen and oxygen atoms in total. The largest absolute Gasteiger partial charge is 0.477 e. The summed E-state index contributed by atoms with van der Waals surface area (Å²) >= 11 is 0. The van der Waals surface area contributed by atoms with Gasteiger partial charge < -0.3 is 23.8 Å². The molecule has 0 spiro atoms. The second-order valence-electron chi connectivity index (χ2n) is 9.02. The normalized spacial score (nSPS) is 17.8. The molecule has 0 saturated carbocycles. The van der Waals surface area contributed by atoms with Crippen molar-refractivity contribution in [3.63, 3.8) is 0 Å². The molecule has 0 radical (unpaired) electrons. The minimum absolute atomic E-state index is 0.328. The van der Waals surface area contributed by atoms with Crippen molar-refractivity contribution in [2.45, 2.75) is 6.10 Å². The number of pyridine rings is 1. The van der Waals surface area contributed by atoms with E-state index in [1.54, 1.807) is 12.1 Å². The summed E-state index contributed by atoms with van der Waals surface area (Å²) in [5.74, 6) is 1.23. The van der Waals surface area contributed by atoms with Gasteiger partial charge in [0, 0.05) is 57.2 Å². The summed E-state index contributed by atoms with van der Waals surface area (Å²) < 4.78 is 13.6. The summed E-state index contributed by atoms with van der Waals surface area (Å²) in [5, 5.41) is 0. The van der Waals surface area contributed by atoms with Gasteiger partial charge in [0.05, 0.1) is 24.1 Å². The monoisotopic (exact) mass is 461 g/mol. The molecule has 0 amide bonds. The number of anilines is 1. The number of rotatable bonds is 6. The number of nitrogens with zero attached hydrogens (tertiary/aromatic N) is 5. The van der Waals surface area contributed by atoms with E-state index in [-0.39, 0.29) is 12.1 Å². The lowest BCUT2D eigenvalue weighted by atomic mass is 10.0. The van der Waals surface area contributed by atoms with Crippen LogP contribution in [-0.2, 0) is 4.74 Å². The van der Waals surface area contributed by atoms with Gasteiger partial charge in [0.2, 0.25) is 0 Å². The number of benzene rings is 1. The van der Waals surface area contributed by atoms with Crippen LogP contribution in [0.3, 0.4) is 0 Å². The van der Waals surface area contributed by atoms with Gasteiger partial charge in [-0.1, -0.05) is 0 Å². The van der Waals surface area contributed by atoms with Gasteiger partial charge in [-0.25, -0.2) is 9.78 Å². The molecule has 8 heteroatoms. The maximum absolute atomic E-state index is 12.1. The number of hydrogen-bond donors (Lipinski definition) is 0. The Morgan fingerprint density at radius 1 is 1.15 bits per heavy atom. The molecule has 34 heavy (non-hydrogen) atoms. The van der Waals surface area contributed by atoms with E-state index in [0.29, 0.717) is 11.3 Å². The van der Waals surface area contributed by atoms with Gasteiger partial charge in [-0.15, -0.1) is 0 Å². The first-order valence-electron chi connectivity index (χ1n) is 11.7. The minimum atomic E-state index is -0.379. The average Bonchev–Trinajstić information content (AvgIpc) is 3.37. The number of methoxy groups -OCH3 is 1. The molecule has 1 unspecified atom stereocenters. The Labute approximate surface area is 200 Å². The molecule has 1 aromatic carbocycles. The predicted octanol–water partition coefficient (Wildman–Crippen LogP) is 2.82. The molecular weight excluding hydrogens is 430 g/mol. The van der Waals surface area contributed by atoms with Crippen LogP contribution in [0.1, 0.15) is 27.7 Å². The predicted molar refractivity (Wildman–Crippen MR) is 131 cm³/mol. The fourth-order valence-corrected chi connectivity index (χ4v) is 4.69. The number of carbonyl (C=O) groups excluding carboxylic acids is 1. The Morgan fingerprint density at radius 2 is 1.97 bits per heavy atom. The zero-order valence-electron chi connectivity index (χ0n) is 20.0. The standard InChI is InChI=1S/C26H31N5O3/c1-28(2)12-13-29-14-16-30(17-15-29)25-20(6-4-10-27-25)24-22-7-5-11-31(22)21-9-8-19(26(32)33-3)18-23(21)34-24/h4-11,18,24H,12-17H2,1-3H3. The van der Waals surface area contributed by atoms with E-state index >= 15 is 0 Å². The molecule has 5 rings (SSSR count). The average molecular weight is 462 g/mol. The number of fused-ring (bicyclic) bond motifs is 3. The highest BCUT2D eigenvalue weighted by atomic mass is 16.5. The molecule has 178 valence electrons. The highest BCUT2D eigenvalue weighted by molar-refractivity contribution is 5.90. The number of piperazine rings is 1. The number of likely N-dealkylation sites (N-methyl/N-ethyl adjacent to an activating group) is 1. The van der Waals surface area contributed by atoms with Crippen molar-refractivity contribution < 1.29 is 14.3 Å². The SMILES string of the molecule is COC(=O)c1ccc2c(c1)OC(c1cccnc1N1CCN(CCN(C)C)CC1)c1cccn1-2. The van der Waals surface area contributed by atoms with Crippen molar-refractivity contribution in [3.05, 3.63) is 71.7 Å². The summed E-state index contributed by atoms with van der Waals surface area (Å²) in [6.07, 6.45) is 3.55. The van der Waals surface area contributed by atoms with Gasteiger partial charge >= 0.3 is 5.97 Å². The summed E-state index contributed by atoms with van der Waals surface area (Å²) in [6, 6.07) is 13.6. The Hall–Kier alpha value is -3.36. The molecule has 1 fully saturated rings. The second kappa shape index (κ2) is 9.48. The zero-order chi connectivity index (χ0) is 23.7. The van der Waals surface area contributed by atoms with E-state index in [0.717, 1.165) is 62.0 Å². The van der Waals surface area contributed by atoms with Gasteiger partial charge in [0.25, 0.3) is 0 Å². The lowest BCUT2D eigenvalue weighted by Gasteiger charge is -2.38. The maximum atomic E-state index is 12.1. The zero-order valence-corrected chi connectivity index (χ0v) is 20.0. The molecule has 0 aliphatic carbocycles. The third-order valence-electron chi connectivity index (χ3n) is 6.57. The first-order chi connectivity index (χ1) is 16.5. The van der Waals surface area contributed by atoms with Crippen LogP contribution >= 0.6 is 0 Å². The molecule has 0 N–H and O–H groups in total. The van der Waals surface area contributed by atoms with E-state index in [2.05, 4.69) is 45.5 Å². The van der Waals surface area contributed by atoms with Crippen LogP contribution in [0.2, 0.25) is 0 Å². The molecule has 0 bridgehead atoms. The molecule has 2 aliphatic rings. The smallest absolute Gasteiger partial charge is 0.337 e. The van der Waals surface area contributed by atoms with Gasteiger partial charge in [-0.3, -0.25) is 4.90 Å². The number of hydrogen-bond acceptors (Lipinski definition) is 7. The highest BCUT2D eigenvalue weighted by Gasteiger charge is 2.32.